The summed E-state index contributed by atoms with van der Waals surface area (Å²) < 4.78 is 11.2. The Bertz CT molecular complexity index is 804. The zero-order chi connectivity index (χ0) is 19.4. The molecule has 0 spiro atoms. The van der Waals surface area contributed by atoms with Crippen LogP contribution in [0.15, 0.2) is 47.5 Å². The van der Waals surface area contributed by atoms with Gasteiger partial charge in [0.15, 0.2) is 6.29 Å². The molecule has 144 valence electrons. The van der Waals surface area contributed by atoms with Crippen LogP contribution in [-0.4, -0.2) is 37.4 Å². The first-order valence-corrected chi connectivity index (χ1v) is 9.55. The summed E-state index contributed by atoms with van der Waals surface area (Å²) in [6, 6.07) is 14.3. The Morgan fingerprint density at radius 2 is 1.96 bits per heavy atom. The highest BCUT2D eigenvalue weighted by atomic mass is 35.5. The van der Waals surface area contributed by atoms with Gasteiger partial charge in [-0.3, -0.25) is 4.99 Å². The van der Waals surface area contributed by atoms with Crippen molar-refractivity contribution in [2.24, 2.45) is 4.99 Å². The molecule has 0 aromatic heterocycles. The first-order chi connectivity index (χ1) is 13.0. The number of aliphatic imine (C=N–C) groups is 1. The second-order valence-corrected chi connectivity index (χ2v) is 7.36. The SMILES string of the molecule is CN=C(C)c1ccc(Cc2cc(C3CC(O)CC(OC)O3)ccc2Cl)cc1. The lowest BCUT2D eigenvalue weighted by molar-refractivity contribution is -0.205. The Balaban J connectivity index is 1.79. The first-order valence-electron chi connectivity index (χ1n) is 9.17. The van der Waals surface area contributed by atoms with Crippen molar-refractivity contribution in [2.75, 3.05) is 14.2 Å². The van der Waals surface area contributed by atoms with Crippen molar-refractivity contribution in [3.8, 4) is 0 Å². The molecule has 0 aliphatic carbocycles. The van der Waals surface area contributed by atoms with Crippen molar-refractivity contribution >= 4 is 17.3 Å². The second-order valence-electron chi connectivity index (χ2n) is 6.95. The van der Waals surface area contributed by atoms with Gasteiger partial charge in [-0.15, -0.1) is 0 Å². The zero-order valence-electron chi connectivity index (χ0n) is 16.0. The van der Waals surface area contributed by atoms with Gasteiger partial charge in [0.25, 0.3) is 0 Å². The van der Waals surface area contributed by atoms with Crippen molar-refractivity contribution in [3.63, 3.8) is 0 Å². The summed E-state index contributed by atoms with van der Waals surface area (Å²) in [6.07, 6.45) is 0.794. The van der Waals surface area contributed by atoms with Crippen LogP contribution in [0.25, 0.3) is 0 Å². The van der Waals surface area contributed by atoms with Gasteiger partial charge in [0, 0.05) is 37.7 Å². The molecule has 2 aromatic rings. The average molecular weight is 388 g/mol. The molecule has 0 bridgehead atoms. The number of aliphatic hydroxyl groups excluding tert-OH is 1. The molecular formula is C22H26ClNO3. The second kappa shape index (κ2) is 8.98. The highest BCUT2D eigenvalue weighted by Gasteiger charge is 2.29. The van der Waals surface area contributed by atoms with E-state index in [2.05, 4.69) is 35.3 Å². The molecule has 1 heterocycles. The summed E-state index contributed by atoms with van der Waals surface area (Å²) in [5, 5.41) is 10.8. The van der Waals surface area contributed by atoms with Crippen LogP contribution in [0.2, 0.25) is 5.02 Å². The Labute approximate surface area is 165 Å². The van der Waals surface area contributed by atoms with E-state index in [-0.39, 0.29) is 12.4 Å². The first kappa shape index (κ1) is 20.0. The van der Waals surface area contributed by atoms with Crippen molar-refractivity contribution in [2.45, 2.75) is 44.7 Å². The van der Waals surface area contributed by atoms with Crippen LogP contribution in [0.1, 0.15) is 48.1 Å². The van der Waals surface area contributed by atoms with E-state index in [4.69, 9.17) is 21.1 Å². The topological polar surface area (TPSA) is 51.1 Å². The minimum atomic E-state index is -0.427. The Kier molecular flexibility index (Phi) is 6.66. The summed E-state index contributed by atoms with van der Waals surface area (Å²) in [4.78, 5) is 4.22. The van der Waals surface area contributed by atoms with Gasteiger partial charge < -0.3 is 14.6 Å². The predicted octanol–water partition coefficient (Wildman–Crippen LogP) is 4.55. The number of hydrogen-bond donors (Lipinski definition) is 1. The number of nitrogens with zero attached hydrogens (tertiary/aromatic N) is 1. The van der Waals surface area contributed by atoms with E-state index in [9.17, 15) is 5.11 Å². The van der Waals surface area contributed by atoms with Crippen LogP contribution in [0.4, 0.5) is 0 Å². The van der Waals surface area contributed by atoms with E-state index in [1.807, 2.05) is 19.1 Å². The molecule has 3 atom stereocenters. The number of benzene rings is 2. The summed E-state index contributed by atoms with van der Waals surface area (Å²) in [5.41, 5.74) is 5.38. The van der Waals surface area contributed by atoms with Gasteiger partial charge in [0.05, 0.1) is 12.2 Å². The van der Waals surface area contributed by atoms with Crippen molar-refractivity contribution in [1.29, 1.82) is 0 Å². The zero-order valence-corrected chi connectivity index (χ0v) is 16.7. The maximum atomic E-state index is 10.1. The standard InChI is InChI=1S/C22H26ClNO3/c1-14(24-2)16-6-4-15(5-7-16)10-18-11-17(8-9-20(18)23)21-12-19(25)13-22(26-3)27-21/h4-9,11,19,21-22,25H,10,12-13H2,1-3H3. The minimum absolute atomic E-state index is 0.194. The fourth-order valence-electron chi connectivity index (χ4n) is 3.37. The maximum absolute atomic E-state index is 10.1. The molecule has 1 saturated heterocycles. The fourth-order valence-corrected chi connectivity index (χ4v) is 3.55. The van der Waals surface area contributed by atoms with Gasteiger partial charge >= 0.3 is 0 Å². The van der Waals surface area contributed by atoms with Crippen LogP contribution in [0, 0.1) is 0 Å². The van der Waals surface area contributed by atoms with Crippen molar-refractivity contribution in [1.82, 2.24) is 0 Å². The molecule has 4 nitrogen and oxygen atoms in total. The van der Waals surface area contributed by atoms with E-state index in [0.717, 1.165) is 33.8 Å². The molecule has 3 rings (SSSR count). The smallest absolute Gasteiger partial charge is 0.160 e. The number of aliphatic hydroxyl groups is 1. The van der Waals surface area contributed by atoms with Gasteiger partial charge in [-0.2, -0.15) is 0 Å². The quantitative estimate of drug-likeness (QED) is 0.765. The molecule has 2 aromatic carbocycles. The third-order valence-electron chi connectivity index (χ3n) is 5.07. The Morgan fingerprint density at radius 1 is 1.22 bits per heavy atom. The summed E-state index contributed by atoms with van der Waals surface area (Å²) >= 11 is 6.44. The van der Waals surface area contributed by atoms with Crippen LogP contribution >= 0.6 is 11.6 Å². The summed E-state index contributed by atoms with van der Waals surface area (Å²) in [6.45, 7) is 2.00. The average Bonchev–Trinajstić information content (AvgIpc) is 2.69. The molecular weight excluding hydrogens is 362 g/mol. The molecule has 3 unspecified atom stereocenters. The van der Waals surface area contributed by atoms with E-state index in [1.165, 1.54) is 5.56 Å². The van der Waals surface area contributed by atoms with E-state index >= 15 is 0 Å². The van der Waals surface area contributed by atoms with Crippen molar-refractivity contribution in [3.05, 3.63) is 69.7 Å². The van der Waals surface area contributed by atoms with Gasteiger partial charge in [-0.05, 0) is 41.7 Å². The van der Waals surface area contributed by atoms with Crippen molar-refractivity contribution < 1.29 is 14.6 Å². The van der Waals surface area contributed by atoms with Gasteiger partial charge in [-0.1, -0.05) is 48.0 Å². The molecule has 0 saturated carbocycles. The molecule has 1 aliphatic rings. The molecule has 0 radical (unpaired) electrons. The number of hydrogen-bond acceptors (Lipinski definition) is 4. The normalized spacial score (nSPS) is 23.4. The lowest BCUT2D eigenvalue weighted by Crippen LogP contribution is -2.32. The molecule has 1 aliphatic heterocycles. The predicted molar refractivity (Wildman–Crippen MR) is 109 cm³/mol. The molecule has 0 amide bonds. The highest BCUT2D eigenvalue weighted by Crippen LogP contribution is 2.34. The van der Waals surface area contributed by atoms with Gasteiger partial charge in [0.2, 0.25) is 0 Å². The largest absolute Gasteiger partial charge is 0.393 e. The lowest BCUT2D eigenvalue weighted by Gasteiger charge is -2.32. The van der Waals surface area contributed by atoms with Crippen LogP contribution in [-0.2, 0) is 15.9 Å². The Hall–Kier alpha value is -1.72. The molecule has 1 N–H and O–H groups in total. The summed E-state index contributed by atoms with van der Waals surface area (Å²) in [7, 11) is 3.40. The van der Waals surface area contributed by atoms with E-state index < -0.39 is 6.10 Å². The van der Waals surface area contributed by atoms with E-state index in [0.29, 0.717) is 12.8 Å². The maximum Gasteiger partial charge on any atom is 0.160 e. The summed E-state index contributed by atoms with van der Waals surface area (Å²) in [5.74, 6) is 0. The fraction of sp³-hybridized carbons (Fsp3) is 0.409. The number of ether oxygens (including phenoxy) is 2. The minimum Gasteiger partial charge on any atom is -0.393 e. The van der Waals surface area contributed by atoms with Gasteiger partial charge in [-0.25, -0.2) is 0 Å². The Morgan fingerprint density at radius 3 is 2.63 bits per heavy atom. The molecule has 5 heteroatoms. The number of rotatable bonds is 5. The van der Waals surface area contributed by atoms with E-state index in [1.54, 1.807) is 14.2 Å². The monoisotopic (exact) mass is 387 g/mol. The highest BCUT2D eigenvalue weighted by molar-refractivity contribution is 6.31. The van der Waals surface area contributed by atoms with Crippen LogP contribution in [0.3, 0.4) is 0 Å². The number of halogens is 1. The third kappa shape index (κ3) is 4.96. The number of methoxy groups -OCH3 is 1. The van der Waals surface area contributed by atoms with Crippen LogP contribution < -0.4 is 0 Å². The lowest BCUT2D eigenvalue weighted by atomic mass is 9.95. The van der Waals surface area contributed by atoms with Crippen LogP contribution in [0.5, 0.6) is 0 Å². The van der Waals surface area contributed by atoms with Gasteiger partial charge in [0.1, 0.15) is 0 Å². The third-order valence-corrected chi connectivity index (χ3v) is 5.44. The molecule has 1 fully saturated rings. The molecule has 27 heavy (non-hydrogen) atoms.